The molecule has 0 unspecified atom stereocenters. The summed E-state index contributed by atoms with van der Waals surface area (Å²) in [6.07, 6.45) is 0. The van der Waals surface area contributed by atoms with Crippen LogP contribution in [0.4, 0.5) is 5.69 Å². The molecule has 0 amide bonds. The van der Waals surface area contributed by atoms with Crippen molar-refractivity contribution < 1.29 is 19.4 Å². The smallest absolute Gasteiger partial charge is 0.336 e. The fraction of sp³-hybridized carbons (Fsp3) is 0.364. The molecule has 7 heteroatoms. The molecule has 0 radical (unpaired) electrons. The largest absolute Gasteiger partial charge is 0.490 e. The molecule has 96 valence electrons. The van der Waals surface area contributed by atoms with Gasteiger partial charge in [0.25, 0.3) is 0 Å². The predicted octanol–water partition coefficient (Wildman–Crippen LogP) is 3.12. The Morgan fingerprint density at radius 3 is 2.33 bits per heavy atom. The van der Waals surface area contributed by atoms with Gasteiger partial charge < -0.3 is 14.6 Å². The molecule has 0 aliphatic heterocycles. The van der Waals surface area contributed by atoms with E-state index >= 15 is 0 Å². The minimum atomic E-state index is -1.19. The number of rotatable bonds is 6. The van der Waals surface area contributed by atoms with E-state index < -0.39 is 5.97 Å². The van der Waals surface area contributed by atoms with Gasteiger partial charge in [0.2, 0.25) is 0 Å². The Hall–Kier alpha value is -2.40. The molecule has 0 aliphatic carbocycles. The van der Waals surface area contributed by atoms with Crippen molar-refractivity contribution in [2.45, 2.75) is 13.8 Å². The van der Waals surface area contributed by atoms with Gasteiger partial charge >= 0.3 is 5.97 Å². The van der Waals surface area contributed by atoms with Gasteiger partial charge in [0.15, 0.2) is 11.5 Å². The highest BCUT2D eigenvalue weighted by Gasteiger charge is 2.15. The number of benzene rings is 1. The third-order valence-corrected chi connectivity index (χ3v) is 2.04. The lowest BCUT2D eigenvalue weighted by Crippen LogP contribution is -2.02. The number of nitrogens with zero attached hydrogens (tertiary/aromatic N) is 3. The molecule has 0 saturated heterocycles. The average molecular weight is 251 g/mol. The van der Waals surface area contributed by atoms with Crippen molar-refractivity contribution in [2.75, 3.05) is 13.2 Å². The van der Waals surface area contributed by atoms with Gasteiger partial charge in [-0.2, -0.15) is 0 Å². The van der Waals surface area contributed by atoms with Crippen LogP contribution in [0.25, 0.3) is 10.4 Å². The van der Waals surface area contributed by atoms with Crippen molar-refractivity contribution in [3.8, 4) is 11.5 Å². The minimum absolute atomic E-state index is 0.00287. The number of hydrogen-bond acceptors (Lipinski definition) is 4. The van der Waals surface area contributed by atoms with Gasteiger partial charge in [-0.1, -0.05) is 5.11 Å². The number of azide groups is 1. The number of carboxylic acids is 1. The molecular weight excluding hydrogens is 238 g/mol. The third-order valence-electron chi connectivity index (χ3n) is 2.04. The summed E-state index contributed by atoms with van der Waals surface area (Å²) in [6.45, 7) is 4.33. The summed E-state index contributed by atoms with van der Waals surface area (Å²) in [6, 6.07) is 2.65. The monoisotopic (exact) mass is 251 g/mol. The maximum Gasteiger partial charge on any atom is 0.336 e. The zero-order chi connectivity index (χ0) is 13.5. The summed E-state index contributed by atoms with van der Waals surface area (Å²) in [4.78, 5) is 13.6. The standard InChI is InChI=1S/C11H13N3O4/c1-3-17-9-5-7(11(15)16)8(13-14-12)6-10(9)18-4-2/h5-6H,3-4H2,1-2H3,(H,15,16). The maximum absolute atomic E-state index is 11.0. The van der Waals surface area contributed by atoms with Crippen LogP contribution in [0.3, 0.4) is 0 Å². The summed E-state index contributed by atoms with van der Waals surface area (Å²) in [5.41, 5.74) is 8.28. The van der Waals surface area contributed by atoms with Crippen LogP contribution in [-0.4, -0.2) is 24.3 Å². The summed E-state index contributed by atoms with van der Waals surface area (Å²) in [5.74, 6) is -0.526. The Bertz CT molecular complexity index is 464. The second kappa shape index (κ2) is 6.36. The SMILES string of the molecule is CCOc1cc(N=[N+]=[N-])c(C(=O)O)cc1OCC. The van der Waals surface area contributed by atoms with Crippen molar-refractivity contribution in [1.82, 2.24) is 0 Å². The second-order valence-corrected chi connectivity index (χ2v) is 3.18. The molecule has 0 spiro atoms. The van der Waals surface area contributed by atoms with Gasteiger partial charge in [0.1, 0.15) is 0 Å². The van der Waals surface area contributed by atoms with Crippen LogP contribution < -0.4 is 9.47 Å². The van der Waals surface area contributed by atoms with E-state index in [9.17, 15) is 4.79 Å². The highest BCUT2D eigenvalue weighted by Crippen LogP contribution is 2.35. The van der Waals surface area contributed by atoms with Crippen molar-refractivity contribution in [3.63, 3.8) is 0 Å². The van der Waals surface area contributed by atoms with Gasteiger partial charge in [-0.05, 0) is 31.5 Å². The topological polar surface area (TPSA) is 105 Å². The first-order valence-corrected chi connectivity index (χ1v) is 5.36. The second-order valence-electron chi connectivity index (χ2n) is 3.18. The quantitative estimate of drug-likeness (QED) is 0.476. The zero-order valence-corrected chi connectivity index (χ0v) is 10.1. The molecule has 0 bridgehead atoms. The van der Waals surface area contributed by atoms with E-state index in [1.807, 2.05) is 0 Å². The molecule has 0 aliphatic rings. The Balaban J connectivity index is 3.38. The Morgan fingerprint density at radius 1 is 1.33 bits per heavy atom. The minimum Gasteiger partial charge on any atom is -0.490 e. The first kappa shape index (κ1) is 13.7. The molecule has 0 fully saturated rings. The number of carbonyl (C=O) groups is 1. The lowest BCUT2D eigenvalue weighted by atomic mass is 10.1. The van der Waals surface area contributed by atoms with Gasteiger partial charge in [-0.25, -0.2) is 4.79 Å². The fourth-order valence-corrected chi connectivity index (χ4v) is 1.39. The van der Waals surface area contributed by atoms with Crippen molar-refractivity contribution in [3.05, 3.63) is 28.1 Å². The molecule has 0 atom stereocenters. The van der Waals surface area contributed by atoms with E-state index in [1.165, 1.54) is 12.1 Å². The first-order valence-electron chi connectivity index (χ1n) is 5.36. The average Bonchev–Trinajstić information content (AvgIpc) is 2.32. The summed E-state index contributed by atoms with van der Waals surface area (Å²) >= 11 is 0. The molecule has 1 rings (SSSR count). The summed E-state index contributed by atoms with van der Waals surface area (Å²) < 4.78 is 10.6. The Kier molecular flexibility index (Phi) is 4.83. The van der Waals surface area contributed by atoms with Crippen molar-refractivity contribution >= 4 is 11.7 Å². The van der Waals surface area contributed by atoms with Crippen LogP contribution in [0.2, 0.25) is 0 Å². The molecular formula is C11H13N3O4. The van der Waals surface area contributed by atoms with Crippen LogP contribution in [0.1, 0.15) is 24.2 Å². The van der Waals surface area contributed by atoms with E-state index in [1.54, 1.807) is 13.8 Å². The van der Waals surface area contributed by atoms with Crippen molar-refractivity contribution in [2.24, 2.45) is 5.11 Å². The van der Waals surface area contributed by atoms with Gasteiger partial charge in [0.05, 0.1) is 24.5 Å². The van der Waals surface area contributed by atoms with Crippen LogP contribution in [0, 0.1) is 0 Å². The predicted molar refractivity (Wildman–Crippen MR) is 64.5 cm³/mol. The molecule has 0 aromatic heterocycles. The molecule has 1 N–H and O–H groups in total. The van der Waals surface area contributed by atoms with Gasteiger partial charge in [0, 0.05) is 4.91 Å². The molecule has 1 aromatic carbocycles. The number of hydrogen-bond donors (Lipinski definition) is 1. The highest BCUT2D eigenvalue weighted by atomic mass is 16.5. The van der Waals surface area contributed by atoms with E-state index in [0.29, 0.717) is 24.7 Å². The van der Waals surface area contributed by atoms with Gasteiger partial charge in [-0.15, -0.1) is 0 Å². The Labute approximate surface area is 104 Å². The molecule has 1 aromatic rings. The summed E-state index contributed by atoms with van der Waals surface area (Å²) in [5, 5.41) is 12.4. The zero-order valence-electron chi connectivity index (χ0n) is 10.1. The first-order chi connectivity index (χ1) is 8.63. The van der Waals surface area contributed by atoms with E-state index in [2.05, 4.69) is 10.0 Å². The number of ether oxygens (including phenoxy) is 2. The van der Waals surface area contributed by atoms with E-state index in [0.717, 1.165) is 0 Å². The van der Waals surface area contributed by atoms with Crippen LogP contribution in [0.5, 0.6) is 11.5 Å². The highest BCUT2D eigenvalue weighted by molar-refractivity contribution is 5.94. The van der Waals surface area contributed by atoms with Crippen LogP contribution in [-0.2, 0) is 0 Å². The fourth-order valence-electron chi connectivity index (χ4n) is 1.39. The van der Waals surface area contributed by atoms with E-state index in [4.69, 9.17) is 20.1 Å². The maximum atomic E-state index is 11.0. The van der Waals surface area contributed by atoms with Crippen LogP contribution in [0.15, 0.2) is 17.2 Å². The van der Waals surface area contributed by atoms with Gasteiger partial charge in [-0.3, -0.25) is 0 Å². The summed E-state index contributed by atoms with van der Waals surface area (Å²) in [7, 11) is 0. The van der Waals surface area contributed by atoms with E-state index in [-0.39, 0.29) is 11.3 Å². The van der Waals surface area contributed by atoms with Crippen molar-refractivity contribution in [1.29, 1.82) is 0 Å². The lowest BCUT2D eigenvalue weighted by Gasteiger charge is -2.12. The van der Waals surface area contributed by atoms with Crippen LogP contribution >= 0.6 is 0 Å². The molecule has 0 saturated carbocycles. The Morgan fingerprint density at radius 2 is 1.89 bits per heavy atom. The molecule has 0 heterocycles. The lowest BCUT2D eigenvalue weighted by molar-refractivity contribution is 0.0697. The number of aromatic carboxylic acids is 1. The number of carboxylic acid groups (broad SMARTS) is 1. The normalized spacial score (nSPS) is 9.44. The molecule has 18 heavy (non-hydrogen) atoms. The molecule has 7 nitrogen and oxygen atoms in total. The third kappa shape index (κ3) is 3.05.